The van der Waals surface area contributed by atoms with Crippen molar-refractivity contribution in [2.75, 3.05) is 14.2 Å². The Balaban J connectivity index is 2.87. The fourth-order valence-electron chi connectivity index (χ4n) is 2.73. The summed E-state index contributed by atoms with van der Waals surface area (Å²) in [4.78, 5) is 23.7. The average Bonchev–Trinajstić information content (AvgIpc) is 2.73. The third-order valence-corrected chi connectivity index (χ3v) is 4.11. The van der Waals surface area contributed by atoms with Crippen LogP contribution in [0.3, 0.4) is 0 Å². The number of carbonyl (C=O) groups excluding carboxylic acids is 2. The van der Waals surface area contributed by atoms with Crippen LogP contribution in [0, 0.1) is 11.8 Å². The molecule has 1 aliphatic heterocycles. The number of ether oxygens (including phenoxy) is 4. The van der Waals surface area contributed by atoms with Crippen molar-refractivity contribution in [3.8, 4) is 0 Å². The predicted octanol–water partition coefficient (Wildman–Crippen LogP) is 1.90. The molecule has 0 aromatic rings. The normalized spacial score (nSPS) is 25.7. The molecule has 0 radical (unpaired) electrons. The summed E-state index contributed by atoms with van der Waals surface area (Å²) < 4.78 is 21.3. The largest absolute Gasteiger partial charge is 0.468 e. The first kappa shape index (κ1) is 17.9. The van der Waals surface area contributed by atoms with Crippen molar-refractivity contribution in [1.29, 1.82) is 0 Å². The van der Waals surface area contributed by atoms with Gasteiger partial charge in [-0.3, -0.25) is 9.59 Å². The lowest BCUT2D eigenvalue weighted by atomic mass is 9.87. The van der Waals surface area contributed by atoms with Crippen LogP contribution in [0.1, 0.15) is 40.5 Å². The minimum absolute atomic E-state index is 0.0214. The predicted molar refractivity (Wildman–Crippen MR) is 75.4 cm³/mol. The molecule has 6 nitrogen and oxygen atoms in total. The number of methoxy groups -OCH3 is 2. The van der Waals surface area contributed by atoms with Gasteiger partial charge in [0.05, 0.1) is 26.4 Å². The highest BCUT2D eigenvalue weighted by atomic mass is 16.8. The minimum atomic E-state index is -0.971. The lowest BCUT2D eigenvalue weighted by Crippen LogP contribution is -2.39. The fraction of sp³-hybridized carbons (Fsp3) is 0.867. The number of esters is 2. The molecular weight excluding hydrogens is 276 g/mol. The molecule has 0 amide bonds. The molecule has 21 heavy (non-hydrogen) atoms. The molecule has 1 heterocycles. The van der Waals surface area contributed by atoms with Crippen LogP contribution in [0.2, 0.25) is 0 Å². The van der Waals surface area contributed by atoms with Gasteiger partial charge in [-0.05, 0) is 26.2 Å². The summed E-state index contributed by atoms with van der Waals surface area (Å²) in [6.07, 6.45) is 1.02. The summed E-state index contributed by atoms with van der Waals surface area (Å²) in [5, 5.41) is 0. The highest BCUT2D eigenvalue weighted by Crippen LogP contribution is 2.38. The molecular formula is C15H26O6. The Bertz CT molecular complexity index is 354. The molecule has 1 rings (SSSR count). The van der Waals surface area contributed by atoms with Gasteiger partial charge >= 0.3 is 11.9 Å². The van der Waals surface area contributed by atoms with E-state index in [1.807, 2.05) is 20.8 Å². The van der Waals surface area contributed by atoms with Gasteiger partial charge in [0, 0.05) is 6.42 Å². The van der Waals surface area contributed by atoms with Crippen LogP contribution in [0.25, 0.3) is 0 Å². The third kappa shape index (κ3) is 3.95. The fourth-order valence-corrected chi connectivity index (χ4v) is 2.73. The first-order valence-corrected chi connectivity index (χ1v) is 7.31. The smallest absolute Gasteiger partial charge is 0.320 e. The Morgan fingerprint density at radius 1 is 1.10 bits per heavy atom. The molecule has 1 unspecified atom stereocenters. The topological polar surface area (TPSA) is 71.1 Å². The molecule has 0 bridgehead atoms. The van der Waals surface area contributed by atoms with Gasteiger partial charge in [-0.2, -0.15) is 0 Å². The van der Waals surface area contributed by atoms with Gasteiger partial charge in [-0.25, -0.2) is 0 Å². The van der Waals surface area contributed by atoms with E-state index >= 15 is 0 Å². The Hall–Kier alpha value is -1.14. The van der Waals surface area contributed by atoms with E-state index in [9.17, 15) is 9.59 Å². The summed E-state index contributed by atoms with van der Waals surface area (Å²) in [5.41, 5.74) is 0. The van der Waals surface area contributed by atoms with E-state index in [0.717, 1.165) is 0 Å². The summed E-state index contributed by atoms with van der Waals surface area (Å²) >= 11 is 0. The first-order chi connectivity index (χ1) is 9.80. The van der Waals surface area contributed by atoms with E-state index in [-0.39, 0.29) is 18.1 Å². The van der Waals surface area contributed by atoms with Crippen molar-refractivity contribution >= 4 is 11.9 Å². The quantitative estimate of drug-likeness (QED) is 0.551. The molecule has 3 atom stereocenters. The Morgan fingerprint density at radius 2 is 1.52 bits per heavy atom. The van der Waals surface area contributed by atoms with Gasteiger partial charge in [0.15, 0.2) is 11.7 Å². The van der Waals surface area contributed by atoms with Crippen molar-refractivity contribution in [2.24, 2.45) is 11.8 Å². The zero-order chi connectivity index (χ0) is 16.2. The highest BCUT2D eigenvalue weighted by Gasteiger charge is 2.46. The van der Waals surface area contributed by atoms with Crippen molar-refractivity contribution < 1.29 is 28.5 Å². The molecule has 0 aromatic heterocycles. The maximum atomic E-state index is 11.8. The molecule has 0 aromatic carbocycles. The summed E-state index contributed by atoms with van der Waals surface area (Å²) in [6.45, 7) is 7.66. The second kappa shape index (κ2) is 7.22. The summed E-state index contributed by atoms with van der Waals surface area (Å²) in [5.74, 6) is -3.25. The standard InChI is InChI=1S/C15H26O6/c1-7-15(20-10(3)11(4)21-15)8-9(2)12(13(16)18-5)14(17)19-6/h9-12H,7-8H2,1-6H3/t9?,10-,11-/m1/s1. The van der Waals surface area contributed by atoms with Crippen LogP contribution in [-0.2, 0) is 28.5 Å². The zero-order valence-electron chi connectivity index (χ0n) is 13.7. The molecule has 0 saturated carbocycles. The van der Waals surface area contributed by atoms with Crippen molar-refractivity contribution in [1.82, 2.24) is 0 Å². The second-order valence-electron chi connectivity index (χ2n) is 5.62. The molecule has 0 aliphatic carbocycles. The lowest BCUT2D eigenvalue weighted by Gasteiger charge is -2.31. The van der Waals surface area contributed by atoms with Crippen LogP contribution in [0.15, 0.2) is 0 Å². The molecule has 6 heteroatoms. The van der Waals surface area contributed by atoms with Gasteiger partial charge < -0.3 is 18.9 Å². The van der Waals surface area contributed by atoms with Crippen molar-refractivity contribution in [2.45, 2.75) is 58.5 Å². The number of rotatable bonds is 6. The van der Waals surface area contributed by atoms with E-state index < -0.39 is 23.6 Å². The van der Waals surface area contributed by atoms with Crippen LogP contribution < -0.4 is 0 Å². The van der Waals surface area contributed by atoms with Gasteiger partial charge in [0.2, 0.25) is 0 Å². The summed E-state index contributed by atoms with van der Waals surface area (Å²) in [6, 6.07) is 0. The third-order valence-electron chi connectivity index (χ3n) is 4.11. The maximum Gasteiger partial charge on any atom is 0.320 e. The lowest BCUT2D eigenvalue weighted by molar-refractivity contribution is -0.192. The van der Waals surface area contributed by atoms with Gasteiger partial charge in [0.1, 0.15) is 0 Å². The Labute approximate surface area is 126 Å². The van der Waals surface area contributed by atoms with Gasteiger partial charge in [0.25, 0.3) is 0 Å². The van der Waals surface area contributed by atoms with E-state index in [1.165, 1.54) is 14.2 Å². The van der Waals surface area contributed by atoms with Crippen LogP contribution >= 0.6 is 0 Å². The molecule has 122 valence electrons. The van der Waals surface area contributed by atoms with E-state index in [4.69, 9.17) is 18.9 Å². The van der Waals surface area contributed by atoms with Gasteiger partial charge in [-0.15, -0.1) is 0 Å². The van der Waals surface area contributed by atoms with E-state index in [0.29, 0.717) is 12.8 Å². The summed E-state index contributed by atoms with van der Waals surface area (Å²) in [7, 11) is 2.51. The van der Waals surface area contributed by atoms with E-state index in [1.54, 1.807) is 6.92 Å². The molecule has 1 aliphatic rings. The van der Waals surface area contributed by atoms with Crippen LogP contribution in [0.4, 0.5) is 0 Å². The monoisotopic (exact) mass is 302 g/mol. The first-order valence-electron chi connectivity index (χ1n) is 7.31. The Morgan fingerprint density at radius 3 is 1.86 bits per heavy atom. The second-order valence-corrected chi connectivity index (χ2v) is 5.62. The number of hydrogen-bond acceptors (Lipinski definition) is 6. The minimum Gasteiger partial charge on any atom is -0.468 e. The SMILES string of the molecule is CCC1(CC(C)C(C(=O)OC)C(=O)OC)O[C@H](C)[C@@H](C)O1. The Kier molecular flexibility index (Phi) is 6.16. The van der Waals surface area contributed by atoms with Crippen LogP contribution in [-0.4, -0.2) is 44.2 Å². The van der Waals surface area contributed by atoms with E-state index in [2.05, 4.69) is 0 Å². The van der Waals surface area contributed by atoms with Crippen LogP contribution in [0.5, 0.6) is 0 Å². The number of carbonyl (C=O) groups is 2. The molecule has 1 fully saturated rings. The van der Waals surface area contributed by atoms with Gasteiger partial charge in [-0.1, -0.05) is 13.8 Å². The maximum absolute atomic E-state index is 11.8. The molecule has 1 saturated heterocycles. The molecule has 0 N–H and O–H groups in total. The highest BCUT2D eigenvalue weighted by molar-refractivity contribution is 5.95. The number of hydrogen-bond donors (Lipinski definition) is 0. The van der Waals surface area contributed by atoms with Crippen molar-refractivity contribution in [3.05, 3.63) is 0 Å². The zero-order valence-corrected chi connectivity index (χ0v) is 13.7. The van der Waals surface area contributed by atoms with Crippen molar-refractivity contribution in [3.63, 3.8) is 0 Å². The average molecular weight is 302 g/mol. The molecule has 0 spiro atoms.